The molecule has 0 radical (unpaired) electrons. The highest BCUT2D eigenvalue weighted by molar-refractivity contribution is 7.09. The number of hydrogen-bond donors (Lipinski definition) is 3. The van der Waals surface area contributed by atoms with E-state index in [1.165, 1.54) is 22.3 Å². The summed E-state index contributed by atoms with van der Waals surface area (Å²) in [5.41, 5.74) is 6.54. The fraction of sp³-hybridized carbons (Fsp3) is 0.424. The molecule has 0 bridgehead atoms. The number of benzene rings is 2. The normalized spacial score (nSPS) is 14.0. The maximum absolute atomic E-state index is 14.3. The van der Waals surface area contributed by atoms with Crippen LogP contribution in [0.3, 0.4) is 0 Å². The molecule has 3 rings (SSSR count). The van der Waals surface area contributed by atoms with Crippen LogP contribution in [0.2, 0.25) is 0 Å². The molecule has 8 nitrogen and oxygen atoms in total. The molecule has 0 aliphatic rings. The van der Waals surface area contributed by atoms with Gasteiger partial charge in [0.2, 0.25) is 17.7 Å². The van der Waals surface area contributed by atoms with Crippen molar-refractivity contribution in [1.29, 1.82) is 0 Å². The number of likely N-dealkylation sites (N-methyl/N-ethyl adjacent to an activating group) is 2. The molecule has 0 aliphatic carbocycles. The molecule has 3 amide bonds. The van der Waals surface area contributed by atoms with Gasteiger partial charge < -0.3 is 26.0 Å². The van der Waals surface area contributed by atoms with E-state index in [9.17, 15) is 19.5 Å². The third-order valence-electron chi connectivity index (χ3n) is 7.10. The minimum Gasteiger partial charge on any atom is -0.392 e. The van der Waals surface area contributed by atoms with E-state index in [0.717, 1.165) is 21.2 Å². The molecule has 0 fully saturated rings. The summed E-state index contributed by atoms with van der Waals surface area (Å²) in [5.74, 6) is -0.980. The molecule has 2 aromatic carbocycles. The third-order valence-corrected chi connectivity index (χ3v) is 8.00. The van der Waals surface area contributed by atoms with Crippen molar-refractivity contribution in [2.24, 2.45) is 5.73 Å². The number of hydrogen-bond acceptors (Lipinski definition) is 6. The topological polar surface area (TPSA) is 116 Å². The lowest BCUT2D eigenvalue weighted by Crippen LogP contribution is -2.57. The Kier molecular flexibility index (Phi) is 11.8. The van der Waals surface area contributed by atoms with Gasteiger partial charge in [0, 0.05) is 43.4 Å². The van der Waals surface area contributed by atoms with Crippen molar-refractivity contribution in [3.8, 4) is 0 Å². The van der Waals surface area contributed by atoms with Gasteiger partial charge in [0.05, 0.1) is 6.10 Å². The van der Waals surface area contributed by atoms with Gasteiger partial charge in [0.15, 0.2) is 0 Å². The van der Waals surface area contributed by atoms with E-state index in [0.29, 0.717) is 19.4 Å². The van der Waals surface area contributed by atoms with Crippen LogP contribution in [0.1, 0.15) is 44.6 Å². The second kappa shape index (κ2) is 15.1. The average molecular weight is 593 g/mol. The number of carbonyl (C=O) groups excluding carboxylic acids is 3. The van der Waals surface area contributed by atoms with Crippen LogP contribution in [-0.2, 0) is 27.2 Å². The number of nitrogens with two attached hydrogens (primary N) is 1. The lowest BCUT2D eigenvalue weighted by Gasteiger charge is -2.35. The number of amides is 3. The molecule has 42 heavy (non-hydrogen) atoms. The predicted molar refractivity (Wildman–Crippen MR) is 170 cm³/mol. The summed E-state index contributed by atoms with van der Waals surface area (Å²) in [6.45, 7) is 7.58. The quantitative estimate of drug-likeness (QED) is 0.246. The summed E-state index contributed by atoms with van der Waals surface area (Å²) < 4.78 is 0. The zero-order valence-corrected chi connectivity index (χ0v) is 26.1. The van der Waals surface area contributed by atoms with Gasteiger partial charge in [0.25, 0.3) is 0 Å². The average Bonchev–Trinajstić information content (AvgIpc) is 3.46. The van der Waals surface area contributed by atoms with Crippen molar-refractivity contribution >= 4 is 39.8 Å². The van der Waals surface area contributed by atoms with Crippen LogP contribution < -0.4 is 11.1 Å². The number of aliphatic hydroxyl groups is 1. The van der Waals surface area contributed by atoms with E-state index in [2.05, 4.69) is 5.32 Å². The monoisotopic (exact) mass is 592 g/mol. The van der Waals surface area contributed by atoms with Gasteiger partial charge in [-0.2, -0.15) is 0 Å². The first-order chi connectivity index (χ1) is 19.9. The highest BCUT2D eigenvalue weighted by Gasteiger charge is 2.36. The van der Waals surface area contributed by atoms with Crippen molar-refractivity contribution in [3.05, 3.63) is 82.6 Å². The second-order valence-corrected chi connectivity index (χ2v) is 12.5. The highest BCUT2D eigenvalue weighted by atomic mass is 32.1. The van der Waals surface area contributed by atoms with Crippen LogP contribution >= 0.6 is 11.3 Å². The first kappa shape index (κ1) is 33.0. The van der Waals surface area contributed by atoms with Crippen molar-refractivity contribution < 1.29 is 19.5 Å². The Balaban J connectivity index is 1.97. The Hall–Kier alpha value is -3.53. The number of thiophene rings is 1. The Bertz CT molecular complexity index is 1360. The maximum Gasteiger partial charge on any atom is 0.246 e. The largest absolute Gasteiger partial charge is 0.392 e. The van der Waals surface area contributed by atoms with Crippen LogP contribution in [0.4, 0.5) is 0 Å². The van der Waals surface area contributed by atoms with Crippen LogP contribution in [0.5, 0.6) is 0 Å². The molecule has 0 saturated carbocycles. The summed E-state index contributed by atoms with van der Waals surface area (Å²) >= 11 is 1.51. The van der Waals surface area contributed by atoms with Crippen molar-refractivity contribution in [3.63, 3.8) is 0 Å². The molecule has 9 heteroatoms. The van der Waals surface area contributed by atoms with Gasteiger partial charge >= 0.3 is 0 Å². The molecule has 0 unspecified atom stereocenters. The van der Waals surface area contributed by atoms with E-state index in [-0.39, 0.29) is 30.7 Å². The van der Waals surface area contributed by atoms with Crippen molar-refractivity contribution in [2.45, 2.75) is 70.7 Å². The van der Waals surface area contributed by atoms with E-state index in [4.69, 9.17) is 5.73 Å². The van der Waals surface area contributed by atoms with Crippen molar-refractivity contribution in [2.75, 3.05) is 20.1 Å². The first-order valence-corrected chi connectivity index (χ1v) is 15.3. The molecular formula is C33H44N4O4S. The zero-order chi connectivity index (χ0) is 30.9. The van der Waals surface area contributed by atoms with Gasteiger partial charge in [-0.25, -0.2) is 0 Å². The van der Waals surface area contributed by atoms with Crippen molar-refractivity contribution in [1.82, 2.24) is 15.1 Å². The van der Waals surface area contributed by atoms with Crippen LogP contribution in [0, 0.1) is 0 Å². The Labute approximate surface area is 253 Å². The molecule has 0 saturated heterocycles. The Morgan fingerprint density at radius 3 is 2.38 bits per heavy atom. The molecule has 226 valence electrons. The SMILES string of the molecule is CCN(C(=O)C=CCC(C)(C)N)[C@H](Cc1ccc2ccccc2c1)C(=O)N(C)[C@H](Cc1cccs1)C(=O)NC[C@H](C)O. The summed E-state index contributed by atoms with van der Waals surface area (Å²) in [4.78, 5) is 45.1. The van der Waals surface area contributed by atoms with Crippen LogP contribution in [-0.4, -0.2) is 76.5 Å². The molecular weight excluding hydrogens is 548 g/mol. The van der Waals surface area contributed by atoms with Crippen LogP contribution in [0.15, 0.2) is 72.1 Å². The first-order valence-electron chi connectivity index (χ1n) is 14.4. The maximum atomic E-state index is 14.3. The number of fused-ring (bicyclic) bond motifs is 1. The van der Waals surface area contributed by atoms with E-state index in [1.807, 2.05) is 80.7 Å². The smallest absolute Gasteiger partial charge is 0.246 e. The number of nitrogens with zero attached hydrogens (tertiary/aromatic N) is 2. The molecule has 0 aliphatic heterocycles. The lowest BCUT2D eigenvalue weighted by atomic mass is 9.98. The van der Waals surface area contributed by atoms with Gasteiger partial charge in [-0.05, 0) is 68.0 Å². The van der Waals surface area contributed by atoms with Gasteiger partial charge in [-0.1, -0.05) is 54.6 Å². The zero-order valence-electron chi connectivity index (χ0n) is 25.2. The van der Waals surface area contributed by atoms with Gasteiger partial charge in [-0.3, -0.25) is 14.4 Å². The number of nitrogens with one attached hydrogen (secondary N) is 1. The minimum atomic E-state index is -0.848. The van der Waals surface area contributed by atoms with Crippen LogP contribution in [0.25, 0.3) is 10.8 Å². The molecule has 4 N–H and O–H groups in total. The second-order valence-electron chi connectivity index (χ2n) is 11.5. The number of aliphatic hydroxyl groups excluding tert-OH is 1. The summed E-state index contributed by atoms with van der Waals surface area (Å²) in [6.07, 6.45) is 3.61. The summed E-state index contributed by atoms with van der Waals surface area (Å²) in [7, 11) is 1.61. The standard InChI is InChI=1S/C33H44N4O4S/c1-6-37(30(39)14-9-17-33(3,4)34)29(20-24-15-16-25-11-7-8-12-26(25)19-24)32(41)36(5)28(21-27-13-10-18-42-27)31(40)35-22-23(2)38/h7-16,18-19,23,28-29,38H,6,17,20-22,34H2,1-5H3,(H,35,40)/t23-,28+,29+/m0/s1. The molecule has 3 atom stereocenters. The van der Waals surface area contributed by atoms with E-state index in [1.54, 1.807) is 24.9 Å². The summed E-state index contributed by atoms with van der Waals surface area (Å²) in [6, 6.07) is 16.2. The summed E-state index contributed by atoms with van der Waals surface area (Å²) in [5, 5.41) is 16.6. The van der Waals surface area contributed by atoms with Gasteiger partial charge in [-0.15, -0.1) is 11.3 Å². The van der Waals surface area contributed by atoms with Gasteiger partial charge in [0.1, 0.15) is 12.1 Å². The van der Waals surface area contributed by atoms with E-state index < -0.39 is 23.7 Å². The number of rotatable bonds is 14. The lowest BCUT2D eigenvalue weighted by molar-refractivity contribution is -0.146. The fourth-order valence-electron chi connectivity index (χ4n) is 4.79. The Morgan fingerprint density at radius 2 is 1.76 bits per heavy atom. The molecule has 1 aromatic heterocycles. The molecule has 0 spiro atoms. The Morgan fingerprint density at radius 1 is 1.05 bits per heavy atom. The predicted octanol–water partition coefficient (Wildman–Crippen LogP) is 3.91. The number of carbonyl (C=O) groups is 3. The minimum absolute atomic E-state index is 0.0736. The molecule has 1 heterocycles. The third kappa shape index (κ3) is 9.51. The van der Waals surface area contributed by atoms with E-state index >= 15 is 0 Å². The molecule has 3 aromatic rings. The highest BCUT2D eigenvalue weighted by Crippen LogP contribution is 2.21. The fourth-order valence-corrected chi connectivity index (χ4v) is 5.53.